The van der Waals surface area contributed by atoms with Crippen molar-refractivity contribution < 1.29 is 19.1 Å². The Balaban J connectivity index is 1.74. The van der Waals surface area contributed by atoms with Crippen LogP contribution >= 0.6 is 0 Å². The van der Waals surface area contributed by atoms with Crippen molar-refractivity contribution in [1.29, 1.82) is 0 Å². The first-order valence-corrected chi connectivity index (χ1v) is 5.86. The Labute approximate surface area is 110 Å². The maximum atomic E-state index is 10.6. The lowest BCUT2D eigenvalue weighted by atomic mass is 10.2. The molecule has 19 heavy (non-hydrogen) atoms. The first-order valence-electron chi connectivity index (χ1n) is 5.86. The molecule has 1 aromatic carbocycles. The Morgan fingerprint density at radius 2 is 2.11 bits per heavy atom. The quantitative estimate of drug-likeness (QED) is 0.808. The zero-order valence-electron chi connectivity index (χ0n) is 10.3. The highest BCUT2D eigenvalue weighted by Gasteiger charge is 2.07. The Morgan fingerprint density at radius 1 is 1.32 bits per heavy atom. The number of hydrogen-bond donors (Lipinski definition) is 1. The summed E-state index contributed by atoms with van der Waals surface area (Å²) < 4.78 is 10.4. The van der Waals surface area contributed by atoms with E-state index in [4.69, 9.17) is 14.3 Å². The number of aromatic carboxylic acids is 1. The third-order valence-electron chi connectivity index (χ3n) is 2.47. The summed E-state index contributed by atoms with van der Waals surface area (Å²) in [4.78, 5) is 10.6. The van der Waals surface area contributed by atoms with Gasteiger partial charge in [0.15, 0.2) is 0 Å². The summed E-state index contributed by atoms with van der Waals surface area (Å²) in [6.07, 6.45) is 5.07. The smallest absolute Gasteiger partial charge is 0.338 e. The lowest BCUT2D eigenvalue weighted by Crippen LogP contribution is -1.93. The molecule has 0 aliphatic rings. The van der Waals surface area contributed by atoms with Gasteiger partial charge in [-0.15, -0.1) is 0 Å². The lowest BCUT2D eigenvalue weighted by molar-refractivity contribution is 0.0696. The molecule has 0 aliphatic heterocycles. The van der Waals surface area contributed by atoms with E-state index < -0.39 is 5.97 Å². The topological polar surface area (TPSA) is 59.7 Å². The molecule has 4 heteroatoms. The minimum Gasteiger partial charge on any atom is -0.478 e. The standard InChI is InChI=1S/C15H14O4/c16-15(17)13-9-14(19-10-13)11-18-8-4-7-12-5-2-1-3-6-12/h1-7,9-10H,8,11H2,(H,16,17). The zero-order chi connectivity index (χ0) is 13.5. The van der Waals surface area contributed by atoms with Gasteiger partial charge in [-0.3, -0.25) is 0 Å². The monoisotopic (exact) mass is 258 g/mol. The molecule has 1 N–H and O–H groups in total. The lowest BCUT2D eigenvalue weighted by Gasteiger charge is -1.97. The molecule has 1 aromatic heterocycles. The van der Waals surface area contributed by atoms with Crippen LogP contribution in [-0.4, -0.2) is 17.7 Å². The van der Waals surface area contributed by atoms with Gasteiger partial charge < -0.3 is 14.3 Å². The number of carboxylic acid groups (broad SMARTS) is 1. The summed E-state index contributed by atoms with van der Waals surface area (Å²) in [6.45, 7) is 0.699. The molecule has 0 fully saturated rings. The largest absolute Gasteiger partial charge is 0.478 e. The van der Waals surface area contributed by atoms with Crippen LogP contribution in [0.1, 0.15) is 21.7 Å². The van der Waals surface area contributed by atoms with Crippen LogP contribution in [0.2, 0.25) is 0 Å². The van der Waals surface area contributed by atoms with Crippen molar-refractivity contribution in [3.05, 3.63) is 65.6 Å². The number of benzene rings is 1. The average Bonchev–Trinajstić information content (AvgIpc) is 2.89. The molecule has 0 bridgehead atoms. The Kier molecular flexibility index (Phi) is 4.53. The van der Waals surface area contributed by atoms with Crippen molar-refractivity contribution in [1.82, 2.24) is 0 Å². The van der Waals surface area contributed by atoms with Crippen LogP contribution in [0.3, 0.4) is 0 Å². The number of carboxylic acids is 1. The molecule has 0 unspecified atom stereocenters. The van der Waals surface area contributed by atoms with Crippen molar-refractivity contribution >= 4 is 12.0 Å². The number of hydrogen-bond acceptors (Lipinski definition) is 3. The summed E-state index contributed by atoms with van der Waals surface area (Å²) in [7, 11) is 0. The summed E-state index contributed by atoms with van der Waals surface area (Å²) >= 11 is 0. The first kappa shape index (κ1) is 13.1. The second-order valence-electron chi connectivity index (χ2n) is 3.94. The van der Waals surface area contributed by atoms with Crippen LogP contribution in [0.15, 0.2) is 53.2 Å². The first-order chi connectivity index (χ1) is 9.25. The summed E-state index contributed by atoms with van der Waals surface area (Å²) in [5, 5.41) is 8.72. The maximum Gasteiger partial charge on any atom is 0.338 e. The molecule has 98 valence electrons. The van der Waals surface area contributed by atoms with Crippen LogP contribution in [-0.2, 0) is 11.3 Å². The highest BCUT2D eigenvalue weighted by Crippen LogP contribution is 2.09. The minimum absolute atomic E-state index is 0.137. The highest BCUT2D eigenvalue weighted by molar-refractivity contribution is 5.87. The third kappa shape index (κ3) is 4.12. The predicted octanol–water partition coefficient (Wildman–Crippen LogP) is 3.21. The van der Waals surface area contributed by atoms with Crippen LogP contribution in [0, 0.1) is 0 Å². The van der Waals surface area contributed by atoms with Gasteiger partial charge in [0.2, 0.25) is 0 Å². The fourth-order valence-corrected chi connectivity index (χ4v) is 1.54. The second-order valence-corrected chi connectivity index (χ2v) is 3.94. The minimum atomic E-state index is -1.00. The number of carbonyl (C=O) groups is 1. The summed E-state index contributed by atoms with van der Waals surface area (Å²) in [6, 6.07) is 11.4. The van der Waals surface area contributed by atoms with Crippen molar-refractivity contribution in [3.63, 3.8) is 0 Å². The molecule has 4 nitrogen and oxygen atoms in total. The molecule has 0 spiro atoms. The van der Waals surface area contributed by atoms with Crippen molar-refractivity contribution in [2.45, 2.75) is 6.61 Å². The van der Waals surface area contributed by atoms with E-state index in [-0.39, 0.29) is 12.2 Å². The average molecular weight is 258 g/mol. The van der Waals surface area contributed by atoms with E-state index in [1.54, 1.807) is 0 Å². The predicted molar refractivity (Wildman–Crippen MR) is 70.8 cm³/mol. The number of rotatable bonds is 6. The Hall–Kier alpha value is -2.33. The van der Waals surface area contributed by atoms with Crippen LogP contribution in [0.25, 0.3) is 6.08 Å². The molecule has 0 amide bonds. The summed E-state index contributed by atoms with van der Waals surface area (Å²) in [5.74, 6) is -0.496. The second kappa shape index (κ2) is 6.56. The molecule has 0 radical (unpaired) electrons. The van der Waals surface area contributed by atoms with E-state index >= 15 is 0 Å². The normalized spacial score (nSPS) is 10.9. The van der Waals surface area contributed by atoms with E-state index in [0.717, 1.165) is 5.56 Å². The van der Waals surface area contributed by atoms with Crippen LogP contribution in [0.5, 0.6) is 0 Å². The molecule has 2 aromatic rings. The van der Waals surface area contributed by atoms with Crippen molar-refractivity contribution in [2.24, 2.45) is 0 Å². The van der Waals surface area contributed by atoms with Crippen molar-refractivity contribution in [2.75, 3.05) is 6.61 Å². The van der Waals surface area contributed by atoms with Gasteiger partial charge in [0.1, 0.15) is 18.6 Å². The van der Waals surface area contributed by atoms with Gasteiger partial charge in [0.05, 0.1) is 12.2 Å². The van der Waals surface area contributed by atoms with E-state index in [1.807, 2.05) is 42.5 Å². The molecule has 0 saturated heterocycles. The Bertz CT molecular complexity index is 555. The molecule has 1 heterocycles. The van der Waals surface area contributed by atoms with Crippen LogP contribution in [0.4, 0.5) is 0 Å². The molecule has 0 aliphatic carbocycles. The van der Waals surface area contributed by atoms with E-state index in [1.165, 1.54) is 12.3 Å². The number of furan rings is 1. The van der Waals surface area contributed by atoms with E-state index in [9.17, 15) is 4.79 Å². The Morgan fingerprint density at radius 3 is 2.79 bits per heavy atom. The fourth-order valence-electron chi connectivity index (χ4n) is 1.54. The third-order valence-corrected chi connectivity index (χ3v) is 2.47. The molecule has 0 atom stereocenters. The molecule has 0 saturated carbocycles. The SMILES string of the molecule is O=C(O)c1coc(COCC=Cc2ccccc2)c1. The van der Waals surface area contributed by atoms with Crippen molar-refractivity contribution in [3.8, 4) is 0 Å². The summed E-state index contributed by atoms with van der Waals surface area (Å²) in [5.41, 5.74) is 1.25. The van der Waals surface area contributed by atoms with Gasteiger partial charge in [-0.2, -0.15) is 0 Å². The zero-order valence-corrected chi connectivity index (χ0v) is 10.3. The van der Waals surface area contributed by atoms with E-state index in [2.05, 4.69) is 0 Å². The van der Waals surface area contributed by atoms with Gasteiger partial charge in [0.25, 0.3) is 0 Å². The van der Waals surface area contributed by atoms with E-state index in [0.29, 0.717) is 12.4 Å². The van der Waals surface area contributed by atoms with Gasteiger partial charge in [-0.05, 0) is 11.6 Å². The molecule has 2 rings (SSSR count). The van der Waals surface area contributed by atoms with Gasteiger partial charge in [-0.25, -0.2) is 4.79 Å². The van der Waals surface area contributed by atoms with Crippen LogP contribution < -0.4 is 0 Å². The maximum absolute atomic E-state index is 10.6. The van der Waals surface area contributed by atoms with Gasteiger partial charge >= 0.3 is 5.97 Å². The highest BCUT2D eigenvalue weighted by atomic mass is 16.5. The van der Waals surface area contributed by atoms with Gasteiger partial charge in [-0.1, -0.05) is 42.5 Å². The molecular weight excluding hydrogens is 244 g/mol. The number of ether oxygens (including phenoxy) is 1. The fraction of sp³-hybridized carbons (Fsp3) is 0.133. The van der Waals surface area contributed by atoms with Gasteiger partial charge in [0, 0.05) is 0 Å². The molecular formula is C15H14O4.